The molecule has 0 aliphatic carbocycles. The Bertz CT molecular complexity index is 955. The molecule has 0 fully saturated rings. The molecule has 1 amide bonds. The smallest absolute Gasteiger partial charge is 0.258 e. The van der Waals surface area contributed by atoms with Crippen LogP contribution in [-0.4, -0.2) is 19.1 Å². The Labute approximate surface area is 176 Å². The van der Waals surface area contributed by atoms with Gasteiger partial charge in [0.05, 0.1) is 12.6 Å². The van der Waals surface area contributed by atoms with Gasteiger partial charge in [0.25, 0.3) is 5.91 Å². The molecule has 0 saturated carbocycles. The Morgan fingerprint density at radius 1 is 0.900 bits per heavy atom. The fourth-order valence-electron chi connectivity index (χ4n) is 3.14. The zero-order chi connectivity index (χ0) is 21.3. The van der Waals surface area contributed by atoms with E-state index in [1.54, 1.807) is 36.4 Å². The van der Waals surface area contributed by atoms with Gasteiger partial charge in [0.2, 0.25) is 0 Å². The van der Waals surface area contributed by atoms with Gasteiger partial charge in [-0.3, -0.25) is 4.79 Å². The van der Waals surface area contributed by atoms with Crippen molar-refractivity contribution in [3.63, 3.8) is 0 Å². The molecule has 0 spiro atoms. The van der Waals surface area contributed by atoms with E-state index in [2.05, 4.69) is 12.2 Å². The Kier molecular flexibility index (Phi) is 7.44. The zero-order valence-electron chi connectivity index (χ0n) is 17.2. The second kappa shape index (κ2) is 10.4. The molecule has 3 aromatic rings. The minimum atomic E-state index is -0.469. The predicted molar refractivity (Wildman–Crippen MR) is 115 cm³/mol. The molecule has 3 aromatic carbocycles. The lowest BCUT2D eigenvalue weighted by Gasteiger charge is -2.20. The molecule has 5 heteroatoms. The van der Waals surface area contributed by atoms with Crippen LogP contribution in [0.4, 0.5) is 4.39 Å². The van der Waals surface area contributed by atoms with Crippen molar-refractivity contribution < 1.29 is 18.7 Å². The van der Waals surface area contributed by atoms with Gasteiger partial charge in [-0.2, -0.15) is 0 Å². The third-order valence-corrected chi connectivity index (χ3v) is 4.71. The number of hydrogen-bond donors (Lipinski definition) is 1. The largest absolute Gasteiger partial charge is 0.494 e. The standard InChI is InChI=1S/C25H26FNO3/c1-3-18-8-10-19(11-9-18)25(20-6-5-7-21(26)16-20)27-24(28)17-30-23-14-12-22(13-15-23)29-4-2/h5-16,25H,3-4,17H2,1-2H3,(H,27,28)/t25-/m1/s1. The topological polar surface area (TPSA) is 47.6 Å². The minimum Gasteiger partial charge on any atom is -0.494 e. The van der Waals surface area contributed by atoms with Crippen LogP contribution >= 0.6 is 0 Å². The number of aryl methyl sites for hydroxylation is 1. The second-order valence-corrected chi connectivity index (χ2v) is 6.84. The van der Waals surface area contributed by atoms with Crippen LogP contribution in [0.2, 0.25) is 0 Å². The van der Waals surface area contributed by atoms with E-state index in [-0.39, 0.29) is 18.3 Å². The van der Waals surface area contributed by atoms with Crippen molar-refractivity contribution >= 4 is 5.91 Å². The lowest BCUT2D eigenvalue weighted by atomic mass is 9.97. The van der Waals surface area contributed by atoms with Crippen LogP contribution in [0.15, 0.2) is 72.8 Å². The first kappa shape index (κ1) is 21.4. The van der Waals surface area contributed by atoms with Crippen molar-refractivity contribution in [2.24, 2.45) is 0 Å². The summed E-state index contributed by atoms with van der Waals surface area (Å²) in [7, 11) is 0. The highest BCUT2D eigenvalue weighted by Gasteiger charge is 2.18. The van der Waals surface area contributed by atoms with Gasteiger partial charge in [-0.05, 0) is 66.4 Å². The van der Waals surface area contributed by atoms with Gasteiger partial charge >= 0.3 is 0 Å². The number of ether oxygens (including phenoxy) is 2. The SMILES string of the molecule is CCOc1ccc(OCC(=O)N[C@H](c2ccc(CC)cc2)c2cccc(F)c2)cc1. The van der Waals surface area contributed by atoms with Crippen LogP contribution in [0.3, 0.4) is 0 Å². The number of carbonyl (C=O) groups excluding carboxylic acids is 1. The number of nitrogens with one attached hydrogen (secondary N) is 1. The van der Waals surface area contributed by atoms with Gasteiger partial charge in [-0.25, -0.2) is 4.39 Å². The molecule has 0 heterocycles. The molecule has 156 valence electrons. The summed E-state index contributed by atoms with van der Waals surface area (Å²) in [5.41, 5.74) is 2.75. The molecule has 3 rings (SSSR count). The van der Waals surface area contributed by atoms with Crippen LogP contribution in [-0.2, 0) is 11.2 Å². The van der Waals surface area contributed by atoms with Gasteiger partial charge in [0, 0.05) is 0 Å². The summed E-state index contributed by atoms with van der Waals surface area (Å²) in [5.74, 6) is 0.680. The fourth-order valence-corrected chi connectivity index (χ4v) is 3.14. The average Bonchev–Trinajstić information content (AvgIpc) is 2.77. The van der Waals surface area contributed by atoms with Crippen LogP contribution in [0, 0.1) is 5.82 Å². The molecule has 0 aliphatic rings. The van der Waals surface area contributed by atoms with Gasteiger partial charge in [0.1, 0.15) is 17.3 Å². The summed E-state index contributed by atoms with van der Waals surface area (Å²) in [5, 5.41) is 2.96. The van der Waals surface area contributed by atoms with Gasteiger partial charge < -0.3 is 14.8 Å². The molecule has 1 atom stereocenters. The monoisotopic (exact) mass is 407 g/mol. The van der Waals surface area contributed by atoms with Gasteiger partial charge in [-0.1, -0.05) is 43.3 Å². The molecular weight excluding hydrogens is 381 g/mol. The first-order valence-electron chi connectivity index (χ1n) is 10.1. The number of halogens is 1. The number of amides is 1. The van der Waals surface area contributed by atoms with Gasteiger partial charge in [-0.15, -0.1) is 0 Å². The van der Waals surface area contributed by atoms with Crippen molar-refractivity contribution in [2.75, 3.05) is 13.2 Å². The molecule has 0 saturated heterocycles. The third kappa shape index (κ3) is 5.83. The lowest BCUT2D eigenvalue weighted by Crippen LogP contribution is -2.33. The molecule has 0 radical (unpaired) electrons. The average molecular weight is 407 g/mol. The molecule has 30 heavy (non-hydrogen) atoms. The van der Waals surface area contributed by atoms with E-state index >= 15 is 0 Å². The van der Waals surface area contributed by atoms with Crippen LogP contribution in [0.25, 0.3) is 0 Å². The highest BCUT2D eigenvalue weighted by Crippen LogP contribution is 2.24. The molecule has 0 aromatic heterocycles. The zero-order valence-corrected chi connectivity index (χ0v) is 17.2. The van der Waals surface area contributed by atoms with E-state index in [0.717, 1.165) is 17.7 Å². The first-order chi connectivity index (χ1) is 14.6. The van der Waals surface area contributed by atoms with E-state index < -0.39 is 6.04 Å². The second-order valence-electron chi connectivity index (χ2n) is 6.84. The van der Waals surface area contributed by atoms with Crippen molar-refractivity contribution in [1.82, 2.24) is 5.32 Å². The number of benzene rings is 3. The van der Waals surface area contributed by atoms with Crippen LogP contribution in [0.1, 0.15) is 36.6 Å². The molecule has 1 N–H and O–H groups in total. The summed E-state index contributed by atoms with van der Waals surface area (Å²) < 4.78 is 24.8. The summed E-state index contributed by atoms with van der Waals surface area (Å²) in [6.07, 6.45) is 0.924. The molecule has 0 unspecified atom stereocenters. The maximum Gasteiger partial charge on any atom is 0.258 e. The number of carbonyl (C=O) groups is 1. The van der Waals surface area contributed by atoms with Crippen molar-refractivity contribution in [1.29, 1.82) is 0 Å². The maximum atomic E-state index is 13.8. The first-order valence-corrected chi connectivity index (χ1v) is 10.1. The van der Waals surface area contributed by atoms with Crippen molar-refractivity contribution in [3.05, 3.63) is 95.3 Å². The number of rotatable bonds is 9. The Morgan fingerprint density at radius 2 is 1.57 bits per heavy atom. The lowest BCUT2D eigenvalue weighted by molar-refractivity contribution is -0.123. The normalized spacial score (nSPS) is 11.6. The van der Waals surface area contributed by atoms with Crippen LogP contribution < -0.4 is 14.8 Å². The molecule has 4 nitrogen and oxygen atoms in total. The summed E-state index contributed by atoms with van der Waals surface area (Å²) >= 11 is 0. The summed E-state index contributed by atoms with van der Waals surface area (Å²) in [6.45, 7) is 4.44. The minimum absolute atomic E-state index is 0.146. The highest BCUT2D eigenvalue weighted by atomic mass is 19.1. The van der Waals surface area contributed by atoms with E-state index in [0.29, 0.717) is 17.9 Å². The van der Waals surface area contributed by atoms with E-state index in [1.807, 2.05) is 31.2 Å². The number of hydrogen-bond acceptors (Lipinski definition) is 3. The van der Waals surface area contributed by atoms with Crippen molar-refractivity contribution in [3.8, 4) is 11.5 Å². The Hall–Kier alpha value is -3.34. The maximum absolute atomic E-state index is 13.8. The van der Waals surface area contributed by atoms with E-state index in [4.69, 9.17) is 9.47 Å². The van der Waals surface area contributed by atoms with E-state index in [9.17, 15) is 9.18 Å². The fraction of sp³-hybridized carbons (Fsp3) is 0.240. The van der Waals surface area contributed by atoms with E-state index in [1.165, 1.54) is 17.7 Å². The summed E-state index contributed by atoms with van der Waals surface area (Å²) in [4.78, 5) is 12.6. The quantitative estimate of drug-likeness (QED) is 0.539. The highest BCUT2D eigenvalue weighted by molar-refractivity contribution is 5.78. The van der Waals surface area contributed by atoms with Crippen LogP contribution in [0.5, 0.6) is 11.5 Å². The molecule has 0 bridgehead atoms. The third-order valence-electron chi connectivity index (χ3n) is 4.71. The molecule has 0 aliphatic heterocycles. The molecular formula is C25H26FNO3. The van der Waals surface area contributed by atoms with Crippen molar-refractivity contribution in [2.45, 2.75) is 26.3 Å². The van der Waals surface area contributed by atoms with Gasteiger partial charge in [0.15, 0.2) is 6.61 Å². The summed E-state index contributed by atoms with van der Waals surface area (Å²) in [6, 6.07) is 20.8. The Morgan fingerprint density at radius 3 is 2.17 bits per heavy atom. The Balaban J connectivity index is 1.71. The predicted octanol–water partition coefficient (Wildman–Crippen LogP) is 5.07.